The van der Waals surface area contributed by atoms with E-state index >= 15 is 4.39 Å². The van der Waals surface area contributed by atoms with Gasteiger partial charge in [0, 0.05) is 36.3 Å². The van der Waals surface area contributed by atoms with Gasteiger partial charge >= 0.3 is 12.5 Å². The number of nitrogens with zero attached hydrogens (tertiary/aromatic N) is 2. The van der Waals surface area contributed by atoms with Gasteiger partial charge in [-0.2, -0.15) is 8.78 Å². The zero-order valence-electron chi connectivity index (χ0n) is 19.1. The summed E-state index contributed by atoms with van der Waals surface area (Å²) < 4.78 is 45.2. The summed E-state index contributed by atoms with van der Waals surface area (Å²) in [5, 5.41) is 1.81. The van der Waals surface area contributed by atoms with Crippen molar-refractivity contribution >= 4 is 23.4 Å². The molecule has 2 aromatic rings. The van der Waals surface area contributed by atoms with E-state index in [9.17, 15) is 23.2 Å². The fraction of sp³-hybridized carbons (Fsp3) is 0.400. The fourth-order valence-electron chi connectivity index (χ4n) is 4.23. The molecule has 4 rings (SSSR count). The first-order valence-electron chi connectivity index (χ1n) is 11.5. The molecular formula is C25H26F3N3O4. The molecule has 0 radical (unpaired) electrons. The Bertz CT molecular complexity index is 1120. The summed E-state index contributed by atoms with van der Waals surface area (Å²) in [6.45, 7) is 1.10. The van der Waals surface area contributed by atoms with Crippen LogP contribution in [0, 0.1) is 5.82 Å². The number of likely N-dealkylation sites (tertiary alicyclic amines) is 1. The highest BCUT2D eigenvalue weighted by Crippen LogP contribution is 2.31. The number of amides is 3. The van der Waals surface area contributed by atoms with E-state index in [1.54, 1.807) is 17.0 Å². The molecule has 0 aliphatic carbocycles. The maximum atomic E-state index is 15.0. The number of piperidine rings is 1. The minimum absolute atomic E-state index is 0.0581. The van der Waals surface area contributed by atoms with Gasteiger partial charge < -0.3 is 15.0 Å². The first-order valence-corrected chi connectivity index (χ1v) is 11.5. The number of benzene rings is 2. The van der Waals surface area contributed by atoms with Crippen LogP contribution < -0.4 is 15.0 Å². The van der Waals surface area contributed by atoms with Crippen LogP contribution >= 0.6 is 0 Å². The van der Waals surface area contributed by atoms with Gasteiger partial charge in [0.15, 0.2) is 5.78 Å². The molecule has 2 aromatic carbocycles. The molecule has 1 saturated heterocycles. The number of ketones is 1. The van der Waals surface area contributed by atoms with Crippen molar-refractivity contribution in [1.82, 2.24) is 10.2 Å². The number of nitrogens with one attached hydrogen (secondary N) is 1. The topological polar surface area (TPSA) is 79.0 Å². The summed E-state index contributed by atoms with van der Waals surface area (Å²) in [5.41, 5.74) is 1.73. The zero-order chi connectivity index (χ0) is 24.9. The predicted molar refractivity (Wildman–Crippen MR) is 122 cm³/mol. The third-order valence-corrected chi connectivity index (χ3v) is 6.17. The molecule has 2 aliphatic rings. The number of carbonyl (C=O) groups is 3. The molecule has 7 nitrogen and oxygen atoms in total. The number of carbonyl (C=O) groups excluding carboxylic acids is 3. The van der Waals surface area contributed by atoms with Crippen LogP contribution in [0.15, 0.2) is 36.4 Å². The minimum Gasteiger partial charge on any atom is -0.493 e. The van der Waals surface area contributed by atoms with Gasteiger partial charge in [-0.15, -0.1) is 0 Å². The Hall–Kier alpha value is -3.56. The van der Waals surface area contributed by atoms with Crippen LogP contribution in [-0.2, 0) is 17.8 Å². The van der Waals surface area contributed by atoms with Crippen LogP contribution in [0.5, 0.6) is 5.75 Å². The molecule has 1 fully saturated rings. The lowest BCUT2D eigenvalue weighted by atomic mass is 10.1. The van der Waals surface area contributed by atoms with Gasteiger partial charge in [0.1, 0.15) is 11.6 Å². The van der Waals surface area contributed by atoms with Crippen LogP contribution in [0.3, 0.4) is 0 Å². The summed E-state index contributed by atoms with van der Waals surface area (Å²) in [7, 11) is 0. The first kappa shape index (κ1) is 24.6. The fourth-order valence-corrected chi connectivity index (χ4v) is 4.23. The molecule has 0 spiro atoms. The largest absolute Gasteiger partial charge is 0.493 e. The highest BCUT2D eigenvalue weighted by Gasteiger charge is 2.26. The molecule has 35 heavy (non-hydrogen) atoms. The monoisotopic (exact) mass is 489 g/mol. The number of anilines is 1. The second-order valence-electron chi connectivity index (χ2n) is 8.55. The molecule has 10 heteroatoms. The number of hydrogen-bond acceptors (Lipinski definition) is 4. The van der Waals surface area contributed by atoms with Crippen molar-refractivity contribution in [2.24, 2.45) is 0 Å². The second-order valence-corrected chi connectivity index (χ2v) is 8.55. The van der Waals surface area contributed by atoms with Crippen LogP contribution in [-0.4, -0.2) is 55.3 Å². The van der Waals surface area contributed by atoms with Gasteiger partial charge in [-0.05, 0) is 49.1 Å². The van der Waals surface area contributed by atoms with Gasteiger partial charge in [-0.1, -0.05) is 12.1 Å². The number of alkyl halides is 2. The van der Waals surface area contributed by atoms with E-state index in [4.69, 9.17) is 4.74 Å². The minimum atomic E-state index is -3.24. The van der Waals surface area contributed by atoms with E-state index in [-0.39, 0.29) is 23.7 Å². The van der Waals surface area contributed by atoms with Gasteiger partial charge in [0.25, 0.3) is 5.91 Å². The average molecular weight is 489 g/mol. The summed E-state index contributed by atoms with van der Waals surface area (Å²) in [6, 6.07) is 8.98. The van der Waals surface area contributed by atoms with E-state index in [1.807, 2.05) is 11.4 Å². The molecule has 186 valence electrons. The number of hydrogen-bond donors (Lipinski definition) is 1. The van der Waals surface area contributed by atoms with Crippen molar-refractivity contribution in [3.8, 4) is 5.75 Å². The van der Waals surface area contributed by atoms with Crippen molar-refractivity contribution in [3.63, 3.8) is 0 Å². The highest BCUT2D eigenvalue weighted by atomic mass is 19.3. The van der Waals surface area contributed by atoms with E-state index in [0.29, 0.717) is 25.4 Å². The number of halogens is 3. The van der Waals surface area contributed by atoms with E-state index < -0.39 is 30.5 Å². The molecule has 0 aromatic heterocycles. The molecule has 2 heterocycles. The van der Waals surface area contributed by atoms with Gasteiger partial charge in [-0.3, -0.25) is 14.5 Å². The Balaban J connectivity index is 1.55. The molecule has 0 bridgehead atoms. The van der Waals surface area contributed by atoms with Crippen molar-refractivity contribution in [3.05, 3.63) is 58.9 Å². The van der Waals surface area contributed by atoms with E-state index in [0.717, 1.165) is 43.1 Å². The lowest BCUT2D eigenvalue weighted by Gasteiger charge is -2.33. The van der Waals surface area contributed by atoms with Crippen LogP contribution in [0.1, 0.15) is 40.7 Å². The van der Waals surface area contributed by atoms with E-state index in [2.05, 4.69) is 0 Å². The zero-order valence-corrected chi connectivity index (χ0v) is 19.1. The number of urea groups is 1. The summed E-state index contributed by atoms with van der Waals surface area (Å²) in [4.78, 5) is 39.9. The Kier molecular flexibility index (Phi) is 7.57. The maximum absolute atomic E-state index is 15.0. The van der Waals surface area contributed by atoms with Crippen LogP contribution in [0.2, 0.25) is 0 Å². The lowest BCUT2D eigenvalue weighted by Crippen LogP contribution is -2.45. The quantitative estimate of drug-likeness (QED) is 0.598. The first-order chi connectivity index (χ1) is 16.8. The van der Waals surface area contributed by atoms with Crippen molar-refractivity contribution in [2.75, 3.05) is 31.1 Å². The average Bonchev–Trinajstić information content (AvgIpc) is 3.34. The Morgan fingerprint density at radius 1 is 1.06 bits per heavy atom. The molecule has 2 aliphatic heterocycles. The van der Waals surface area contributed by atoms with Crippen LogP contribution in [0.25, 0.3) is 0 Å². The summed E-state index contributed by atoms with van der Waals surface area (Å²) in [6.07, 6.45) is 0.357. The lowest BCUT2D eigenvalue weighted by molar-refractivity contribution is -0.131. The molecular weight excluding hydrogens is 463 g/mol. The van der Waals surface area contributed by atoms with Crippen molar-refractivity contribution in [1.29, 1.82) is 0 Å². The Morgan fingerprint density at radius 2 is 1.83 bits per heavy atom. The second kappa shape index (κ2) is 10.8. The van der Waals surface area contributed by atoms with Crippen molar-refractivity contribution < 1.29 is 32.3 Å². The van der Waals surface area contributed by atoms with E-state index in [1.165, 1.54) is 17.0 Å². The molecule has 3 amide bonds. The molecule has 0 atom stereocenters. The molecule has 1 N–H and O–H groups in total. The number of fused-ring (bicyclic) bond motifs is 1. The summed E-state index contributed by atoms with van der Waals surface area (Å²) in [5.74, 6) is -2.21. The van der Waals surface area contributed by atoms with Gasteiger partial charge in [0.05, 0.1) is 19.7 Å². The smallest absolute Gasteiger partial charge is 0.324 e. The van der Waals surface area contributed by atoms with Crippen molar-refractivity contribution in [2.45, 2.75) is 38.7 Å². The molecule has 0 unspecified atom stereocenters. The van der Waals surface area contributed by atoms with Gasteiger partial charge in [-0.25, -0.2) is 9.18 Å². The number of ether oxygens (including phenoxy) is 1. The number of Topliss-reactive ketones (excluding diaryl/α,β-unsaturated/α-hetero) is 1. The Morgan fingerprint density at radius 3 is 2.54 bits per heavy atom. The summed E-state index contributed by atoms with van der Waals surface area (Å²) >= 11 is 0. The van der Waals surface area contributed by atoms with Gasteiger partial charge in [0.2, 0.25) is 0 Å². The van der Waals surface area contributed by atoms with Crippen LogP contribution in [0.4, 0.5) is 23.7 Å². The molecule has 0 saturated carbocycles. The predicted octanol–water partition coefficient (Wildman–Crippen LogP) is 3.94. The Labute approximate surface area is 200 Å². The third-order valence-electron chi connectivity index (χ3n) is 6.17. The highest BCUT2D eigenvalue weighted by molar-refractivity contribution is 5.99. The maximum Gasteiger partial charge on any atom is 0.324 e. The third kappa shape index (κ3) is 5.75. The SMILES string of the molecule is O=C(CNC(=O)C(F)F)c1ccc(CN(C(=O)N2CCCCC2)c2ccc3c(c2)CCO3)c(F)c1. The number of rotatable bonds is 7. The standard InChI is InChI=1S/C25H26F3N3O4/c26-20-13-16(21(32)14-29-24(33)23(27)28)4-5-18(20)15-31(25(34)30-9-2-1-3-10-30)19-6-7-22-17(12-19)8-11-35-22/h4-7,12-13,23H,1-3,8-11,14-15H2,(H,29,33). The normalized spacial score (nSPS) is 14.9.